The van der Waals surface area contributed by atoms with Crippen LogP contribution in [0.3, 0.4) is 0 Å². The molecule has 0 aromatic heterocycles. The van der Waals surface area contributed by atoms with Crippen LogP contribution in [0.5, 0.6) is 5.75 Å². The number of halogens is 1. The molecule has 0 spiro atoms. The van der Waals surface area contributed by atoms with Crippen LogP contribution < -0.4 is 10.1 Å². The fourth-order valence-electron chi connectivity index (χ4n) is 3.77. The summed E-state index contributed by atoms with van der Waals surface area (Å²) in [7, 11) is -3.74. The minimum Gasteiger partial charge on any atom is -0.483 e. The van der Waals surface area contributed by atoms with Gasteiger partial charge in [0.1, 0.15) is 11.6 Å². The van der Waals surface area contributed by atoms with E-state index in [4.69, 9.17) is 4.74 Å². The third-order valence-electron chi connectivity index (χ3n) is 5.62. The smallest absolute Gasteiger partial charge is 0.262 e. The van der Waals surface area contributed by atoms with Crippen LogP contribution in [0.1, 0.15) is 22.3 Å². The summed E-state index contributed by atoms with van der Waals surface area (Å²) in [6.07, 6.45) is 0.555. The van der Waals surface area contributed by atoms with Crippen LogP contribution >= 0.6 is 0 Å². The van der Waals surface area contributed by atoms with Crippen molar-refractivity contribution in [2.75, 3.05) is 18.5 Å². The number of carbonyl (C=O) groups is 1. The van der Waals surface area contributed by atoms with Gasteiger partial charge in [-0.2, -0.15) is 4.31 Å². The summed E-state index contributed by atoms with van der Waals surface area (Å²) in [5.74, 6) is -0.125. The summed E-state index contributed by atoms with van der Waals surface area (Å²) in [4.78, 5) is 12.5. The van der Waals surface area contributed by atoms with Gasteiger partial charge in [0.25, 0.3) is 5.91 Å². The van der Waals surface area contributed by atoms with Crippen molar-refractivity contribution in [3.05, 3.63) is 88.7 Å². The van der Waals surface area contributed by atoms with Gasteiger partial charge >= 0.3 is 0 Å². The van der Waals surface area contributed by atoms with Gasteiger partial charge in [-0.15, -0.1) is 0 Å². The molecule has 0 atom stereocenters. The van der Waals surface area contributed by atoms with Crippen LogP contribution in [0.15, 0.2) is 65.6 Å². The van der Waals surface area contributed by atoms with E-state index in [-0.39, 0.29) is 24.0 Å². The lowest BCUT2D eigenvalue weighted by molar-refractivity contribution is -0.118. The molecule has 0 saturated carbocycles. The quantitative estimate of drug-likeness (QED) is 0.588. The first-order chi connectivity index (χ1) is 15.7. The van der Waals surface area contributed by atoms with Crippen molar-refractivity contribution >= 4 is 21.6 Å². The maximum atomic E-state index is 13.2. The summed E-state index contributed by atoms with van der Waals surface area (Å²) < 4.78 is 46.1. The van der Waals surface area contributed by atoms with Gasteiger partial charge in [0.2, 0.25) is 10.0 Å². The molecule has 1 aliphatic heterocycles. The monoisotopic (exact) mass is 468 g/mol. The largest absolute Gasteiger partial charge is 0.483 e. The van der Waals surface area contributed by atoms with E-state index in [1.54, 1.807) is 12.1 Å². The van der Waals surface area contributed by atoms with Gasteiger partial charge in [0.15, 0.2) is 6.61 Å². The highest BCUT2D eigenvalue weighted by atomic mass is 32.2. The van der Waals surface area contributed by atoms with E-state index in [1.807, 2.05) is 38.1 Å². The summed E-state index contributed by atoms with van der Waals surface area (Å²) in [5, 5.41) is 2.81. The third-order valence-corrected chi connectivity index (χ3v) is 7.48. The van der Waals surface area contributed by atoms with Crippen LogP contribution in [0, 0.1) is 19.7 Å². The molecule has 0 bridgehead atoms. The lowest BCUT2D eigenvalue weighted by Crippen LogP contribution is -2.36. The Morgan fingerprint density at radius 2 is 1.79 bits per heavy atom. The summed E-state index contributed by atoms with van der Waals surface area (Å²) >= 11 is 0. The Morgan fingerprint density at radius 1 is 1.03 bits per heavy atom. The Balaban J connectivity index is 1.43. The normalized spacial score (nSPS) is 13.9. The molecule has 4 rings (SSSR count). The van der Waals surface area contributed by atoms with Crippen molar-refractivity contribution in [3.63, 3.8) is 0 Å². The standard InChI is InChI=1S/C25H25FN2O4S/c1-17-3-4-18(2)24(13-17)32-16-25(29)27-22-8-5-19-11-12-28(15-20(19)14-22)33(30,31)23-9-6-21(26)7-10-23/h3-10,13-14H,11-12,15-16H2,1-2H3,(H,27,29). The molecule has 8 heteroatoms. The number of anilines is 1. The fourth-order valence-corrected chi connectivity index (χ4v) is 5.19. The second kappa shape index (κ2) is 9.33. The molecule has 0 saturated heterocycles. The number of carbonyl (C=O) groups excluding carboxylic acids is 1. The van der Waals surface area contributed by atoms with Gasteiger partial charge in [-0.3, -0.25) is 4.79 Å². The van der Waals surface area contributed by atoms with Crippen LogP contribution in [-0.4, -0.2) is 31.8 Å². The van der Waals surface area contributed by atoms with Gasteiger partial charge in [-0.05, 0) is 85.0 Å². The van der Waals surface area contributed by atoms with Crippen LogP contribution in [-0.2, 0) is 27.8 Å². The number of nitrogens with zero attached hydrogens (tertiary/aromatic N) is 1. The van der Waals surface area contributed by atoms with Crippen molar-refractivity contribution < 1.29 is 22.3 Å². The zero-order valence-electron chi connectivity index (χ0n) is 18.5. The number of hydrogen-bond acceptors (Lipinski definition) is 4. The first-order valence-corrected chi connectivity index (χ1v) is 12.0. The zero-order chi connectivity index (χ0) is 23.6. The minimum absolute atomic E-state index is 0.0559. The maximum Gasteiger partial charge on any atom is 0.262 e. The molecule has 6 nitrogen and oxygen atoms in total. The Labute approximate surface area is 193 Å². The molecule has 1 N–H and O–H groups in total. The zero-order valence-corrected chi connectivity index (χ0v) is 19.3. The topological polar surface area (TPSA) is 75.7 Å². The lowest BCUT2D eigenvalue weighted by Gasteiger charge is -2.28. The molecule has 33 heavy (non-hydrogen) atoms. The number of amides is 1. The van der Waals surface area contributed by atoms with E-state index in [0.29, 0.717) is 24.4 Å². The number of rotatable bonds is 6. The van der Waals surface area contributed by atoms with E-state index in [1.165, 1.54) is 16.4 Å². The number of sulfonamides is 1. The van der Waals surface area contributed by atoms with Gasteiger partial charge in [0, 0.05) is 18.8 Å². The molecule has 0 fully saturated rings. The van der Waals surface area contributed by atoms with Gasteiger partial charge < -0.3 is 10.1 Å². The highest BCUT2D eigenvalue weighted by molar-refractivity contribution is 7.89. The number of nitrogens with one attached hydrogen (secondary N) is 1. The molecule has 172 valence electrons. The van der Waals surface area contributed by atoms with E-state index < -0.39 is 15.8 Å². The molecule has 0 aliphatic carbocycles. The summed E-state index contributed by atoms with van der Waals surface area (Å²) in [5.41, 5.74) is 4.42. The van der Waals surface area contributed by atoms with E-state index >= 15 is 0 Å². The van der Waals surface area contributed by atoms with Gasteiger partial charge in [0.05, 0.1) is 4.90 Å². The molecule has 1 aliphatic rings. The van der Waals surface area contributed by atoms with Crippen molar-refractivity contribution in [3.8, 4) is 5.75 Å². The van der Waals surface area contributed by atoms with Gasteiger partial charge in [-0.25, -0.2) is 12.8 Å². The highest BCUT2D eigenvalue weighted by Gasteiger charge is 2.28. The van der Waals surface area contributed by atoms with Crippen molar-refractivity contribution in [2.24, 2.45) is 0 Å². The fraction of sp³-hybridized carbons (Fsp3) is 0.240. The number of fused-ring (bicyclic) bond motifs is 1. The minimum atomic E-state index is -3.74. The Morgan fingerprint density at radius 3 is 2.55 bits per heavy atom. The molecule has 1 amide bonds. The molecular formula is C25H25FN2O4S. The number of hydrogen-bond donors (Lipinski definition) is 1. The van der Waals surface area contributed by atoms with Crippen LogP contribution in [0.25, 0.3) is 0 Å². The molecule has 0 radical (unpaired) electrons. The van der Waals surface area contributed by atoms with Crippen molar-refractivity contribution in [1.82, 2.24) is 4.31 Å². The summed E-state index contributed by atoms with van der Waals surface area (Å²) in [6.45, 7) is 4.26. The van der Waals surface area contributed by atoms with E-state index in [2.05, 4.69) is 5.32 Å². The van der Waals surface area contributed by atoms with E-state index in [9.17, 15) is 17.6 Å². The molecule has 3 aromatic rings. The second-order valence-corrected chi connectivity index (χ2v) is 10.1. The first-order valence-electron chi connectivity index (χ1n) is 10.6. The number of benzene rings is 3. The predicted molar refractivity (Wildman–Crippen MR) is 124 cm³/mol. The average Bonchev–Trinajstić information content (AvgIpc) is 2.79. The Bertz CT molecular complexity index is 1290. The Hall–Kier alpha value is -3.23. The second-order valence-electron chi connectivity index (χ2n) is 8.13. The number of ether oxygens (including phenoxy) is 1. The van der Waals surface area contributed by atoms with E-state index in [0.717, 1.165) is 34.4 Å². The first kappa shape index (κ1) is 22.9. The predicted octanol–water partition coefficient (Wildman–Crippen LogP) is 4.21. The molecular weight excluding hydrogens is 443 g/mol. The van der Waals surface area contributed by atoms with Crippen LogP contribution in [0.4, 0.5) is 10.1 Å². The third kappa shape index (κ3) is 5.23. The van der Waals surface area contributed by atoms with Crippen molar-refractivity contribution in [2.45, 2.75) is 31.7 Å². The van der Waals surface area contributed by atoms with Crippen molar-refractivity contribution in [1.29, 1.82) is 0 Å². The average molecular weight is 469 g/mol. The van der Waals surface area contributed by atoms with Gasteiger partial charge in [-0.1, -0.05) is 18.2 Å². The highest BCUT2D eigenvalue weighted by Crippen LogP contribution is 2.27. The molecule has 0 unspecified atom stereocenters. The maximum absolute atomic E-state index is 13.2. The molecule has 1 heterocycles. The SMILES string of the molecule is Cc1ccc(C)c(OCC(=O)Nc2ccc3c(c2)CN(S(=O)(=O)c2ccc(F)cc2)CC3)c1. The Kier molecular flexibility index (Phi) is 6.49. The molecule has 3 aromatic carbocycles. The van der Waals surface area contributed by atoms with Crippen LogP contribution in [0.2, 0.25) is 0 Å². The number of aryl methyl sites for hydroxylation is 2. The lowest BCUT2D eigenvalue weighted by atomic mass is 10.0. The summed E-state index contributed by atoms with van der Waals surface area (Å²) in [6, 6.07) is 16.1.